The Morgan fingerprint density at radius 3 is 2.23 bits per heavy atom. The average Bonchev–Trinajstić information content (AvgIpc) is 2.71. The average molecular weight is 444 g/mol. The van der Waals surface area contributed by atoms with E-state index < -0.39 is 17.6 Å². The van der Waals surface area contributed by atoms with Crippen LogP contribution in [0.5, 0.6) is 0 Å². The third-order valence-electron chi connectivity index (χ3n) is 4.16. The third kappa shape index (κ3) is 6.65. The van der Waals surface area contributed by atoms with Gasteiger partial charge in [-0.25, -0.2) is 15.4 Å². The van der Waals surface area contributed by atoms with Gasteiger partial charge in [-0.15, -0.1) is 0 Å². The lowest BCUT2D eigenvalue weighted by Crippen LogP contribution is -2.17. The number of carbonyl (C=O) groups excluding carboxylic acids is 1. The number of hydrazone groups is 1. The van der Waals surface area contributed by atoms with Crippen molar-refractivity contribution >= 4 is 23.9 Å². The van der Waals surface area contributed by atoms with Gasteiger partial charge in [0, 0.05) is 22.7 Å². The van der Waals surface area contributed by atoms with Gasteiger partial charge in [-0.1, -0.05) is 36.0 Å². The molecule has 0 radical (unpaired) electrons. The van der Waals surface area contributed by atoms with E-state index in [1.165, 1.54) is 30.1 Å². The van der Waals surface area contributed by atoms with Crippen LogP contribution in [0.3, 0.4) is 0 Å². The Kier molecular flexibility index (Phi) is 7.06. The highest BCUT2D eigenvalue weighted by Gasteiger charge is 2.29. The van der Waals surface area contributed by atoms with Gasteiger partial charge in [-0.05, 0) is 55.3 Å². The van der Waals surface area contributed by atoms with Crippen LogP contribution < -0.4 is 5.43 Å². The summed E-state index contributed by atoms with van der Waals surface area (Å²) in [6.45, 7) is 3.85. The van der Waals surface area contributed by atoms with Crippen molar-refractivity contribution in [2.24, 2.45) is 5.10 Å². The first-order valence-corrected chi connectivity index (χ1v) is 10.2. The van der Waals surface area contributed by atoms with E-state index in [9.17, 15) is 18.0 Å². The molecule has 0 saturated carbocycles. The second-order valence-corrected chi connectivity index (χ2v) is 7.68. The van der Waals surface area contributed by atoms with Crippen LogP contribution in [0.15, 0.2) is 64.9 Å². The number of nitrogens with zero attached hydrogens (tertiary/aromatic N) is 3. The summed E-state index contributed by atoms with van der Waals surface area (Å²) >= 11 is 1.51. The van der Waals surface area contributed by atoms with E-state index in [1.807, 2.05) is 32.0 Å². The highest BCUT2D eigenvalue weighted by Crippen LogP contribution is 2.28. The molecule has 1 N–H and O–H groups in total. The van der Waals surface area contributed by atoms with Gasteiger partial charge in [0.15, 0.2) is 5.16 Å². The number of hydrogen-bond donors (Lipinski definition) is 1. The van der Waals surface area contributed by atoms with E-state index >= 15 is 0 Å². The first-order chi connectivity index (χ1) is 14.7. The van der Waals surface area contributed by atoms with Crippen LogP contribution in [0.4, 0.5) is 13.2 Å². The first kappa shape index (κ1) is 22.5. The Morgan fingerprint density at radius 1 is 1.03 bits per heavy atom. The number of benzene rings is 2. The highest BCUT2D eigenvalue weighted by atomic mass is 32.2. The minimum absolute atomic E-state index is 0.417. The molecule has 3 aromatic rings. The number of hydrogen-bond acceptors (Lipinski definition) is 5. The summed E-state index contributed by atoms with van der Waals surface area (Å²) < 4.78 is 37.7. The quantitative estimate of drug-likeness (QED) is 0.247. The van der Waals surface area contributed by atoms with Gasteiger partial charge in [0.25, 0.3) is 5.91 Å². The molecule has 0 aliphatic heterocycles. The van der Waals surface area contributed by atoms with Crippen molar-refractivity contribution in [3.63, 3.8) is 0 Å². The van der Waals surface area contributed by atoms with Crippen LogP contribution in [0.2, 0.25) is 0 Å². The lowest BCUT2D eigenvalue weighted by atomic mass is 10.1. The molecule has 5 nitrogen and oxygen atoms in total. The van der Waals surface area contributed by atoms with Crippen molar-refractivity contribution in [2.45, 2.75) is 30.9 Å². The number of nitrogens with one attached hydrogen (secondary N) is 1. The zero-order valence-corrected chi connectivity index (χ0v) is 17.6. The summed E-state index contributed by atoms with van der Waals surface area (Å²) in [7, 11) is 0. The summed E-state index contributed by atoms with van der Waals surface area (Å²) in [5.41, 5.74) is 5.32. The maximum Gasteiger partial charge on any atom is 0.416 e. The zero-order valence-electron chi connectivity index (χ0n) is 16.8. The number of thioether (sulfide) groups is 1. The fourth-order valence-electron chi connectivity index (χ4n) is 2.65. The molecular formula is C22H19F3N4OS. The van der Waals surface area contributed by atoms with Crippen LogP contribution in [-0.4, -0.2) is 22.1 Å². The molecule has 2 aromatic carbocycles. The lowest BCUT2D eigenvalue weighted by molar-refractivity contribution is -0.137. The Bertz CT molecular complexity index is 1060. The van der Waals surface area contributed by atoms with Crippen molar-refractivity contribution in [3.8, 4) is 0 Å². The van der Waals surface area contributed by atoms with Crippen LogP contribution in [-0.2, 0) is 11.9 Å². The Morgan fingerprint density at radius 2 is 1.65 bits per heavy atom. The molecule has 0 aliphatic rings. The summed E-state index contributed by atoms with van der Waals surface area (Å²) in [6, 6.07) is 13.4. The van der Waals surface area contributed by atoms with Gasteiger partial charge < -0.3 is 0 Å². The normalized spacial score (nSPS) is 11.6. The summed E-state index contributed by atoms with van der Waals surface area (Å²) in [5.74, 6) is 0.247. The van der Waals surface area contributed by atoms with E-state index in [1.54, 1.807) is 12.1 Å². The van der Waals surface area contributed by atoms with Gasteiger partial charge in [0.1, 0.15) is 0 Å². The second-order valence-electron chi connectivity index (χ2n) is 6.74. The maximum absolute atomic E-state index is 12.6. The molecule has 3 rings (SSSR count). The summed E-state index contributed by atoms with van der Waals surface area (Å²) in [5, 5.41) is 4.50. The molecule has 0 aliphatic carbocycles. The van der Waals surface area contributed by atoms with Crippen LogP contribution in [0.25, 0.3) is 0 Å². The van der Waals surface area contributed by atoms with Crippen LogP contribution in [0, 0.1) is 13.8 Å². The minimum Gasteiger partial charge on any atom is -0.267 e. The standard InChI is InChI=1S/C22H19F3N4OS/c1-14-11-15(2)28-21(27-14)31-13-17-3-7-18(8-4-17)20(30)29-26-12-16-5-9-19(10-6-16)22(23,24)25/h3-12H,13H2,1-2H3,(H,29,30)/b26-12-. The van der Waals surface area contributed by atoms with Crippen molar-refractivity contribution in [2.75, 3.05) is 0 Å². The number of carbonyl (C=O) groups is 1. The van der Waals surface area contributed by atoms with Gasteiger partial charge in [-0.2, -0.15) is 18.3 Å². The Hall–Kier alpha value is -3.20. The summed E-state index contributed by atoms with van der Waals surface area (Å²) in [4.78, 5) is 21.0. The molecular weight excluding hydrogens is 425 g/mol. The Balaban J connectivity index is 1.53. The topological polar surface area (TPSA) is 67.2 Å². The number of aryl methyl sites for hydroxylation is 2. The molecule has 9 heteroatoms. The van der Waals surface area contributed by atoms with Crippen molar-refractivity contribution in [1.82, 2.24) is 15.4 Å². The molecule has 160 valence electrons. The molecule has 0 bridgehead atoms. The molecule has 0 atom stereocenters. The SMILES string of the molecule is Cc1cc(C)nc(SCc2ccc(C(=O)N/N=C\c3ccc(C(F)(F)F)cc3)cc2)n1. The predicted octanol–water partition coefficient (Wildman–Crippen LogP) is 5.17. The molecule has 1 aromatic heterocycles. The fourth-order valence-corrected chi connectivity index (χ4v) is 3.55. The highest BCUT2D eigenvalue weighted by molar-refractivity contribution is 7.98. The number of halogens is 3. The molecule has 0 saturated heterocycles. The van der Waals surface area contributed by atoms with Crippen LogP contribution in [0.1, 0.15) is 38.4 Å². The minimum atomic E-state index is -4.39. The molecule has 1 amide bonds. The predicted molar refractivity (Wildman–Crippen MR) is 114 cm³/mol. The molecule has 0 spiro atoms. The van der Waals surface area contributed by atoms with Gasteiger partial charge >= 0.3 is 6.18 Å². The maximum atomic E-state index is 12.6. The van der Waals surface area contributed by atoms with Crippen molar-refractivity contribution in [3.05, 3.63) is 88.2 Å². The van der Waals surface area contributed by atoms with Crippen LogP contribution >= 0.6 is 11.8 Å². The van der Waals surface area contributed by atoms with E-state index in [0.29, 0.717) is 22.0 Å². The van der Waals surface area contributed by atoms with E-state index in [0.717, 1.165) is 29.1 Å². The largest absolute Gasteiger partial charge is 0.416 e. The first-order valence-electron chi connectivity index (χ1n) is 9.25. The fraction of sp³-hybridized carbons (Fsp3) is 0.182. The van der Waals surface area contributed by atoms with E-state index in [2.05, 4.69) is 20.5 Å². The number of aromatic nitrogens is 2. The second kappa shape index (κ2) is 9.74. The molecule has 31 heavy (non-hydrogen) atoms. The molecule has 0 fully saturated rings. The van der Waals surface area contributed by atoms with Gasteiger partial charge in [0.2, 0.25) is 0 Å². The number of rotatable bonds is 6. The molecule has 1 heterocycles. The number of amides is 1. The van der Waals surface area contributed by atoms with E-state index in [-0.39, 0.29) is 0 Å². The zero-order chi connectivity index (χ0) is 22.4. The molecule has 0 unspecified atom stereocenters. The number of alkyl halides is 3. The van der Waals surface area contributed by atoms with E-state index in [4.69, 9.17) is 0 Å². The van der Waals surface area contributed by atoms with Gasteiger partial charge in [-0.3, -0.25) is 4.79 Å². The monoisotopic (exact) mass is 444 g/mol. The Labute approximate surface area is 181 Å². The summed E-state index contributed by atoms with van der Waals surface area (Å²) in [6.07, 6.45) is -3.10. The smallest absolute Gasteiger partial charge is 0.267 e. The van der Waals surface area contributed by atoms with Crippen molar-refractivity contribution < 1.29 is 18.0 Å². The van der Waals surface area contributed by atoms with Crippen molar-refractivity contribution in [1.29, 1.82) is 0 Å². The third-order valence-corrected chi connectivity index (χ3v) is 5.08. The van der Waals surface area contributed by atoms with Gasteiger partial charge in [0.05, 0.1) is 11.8 Å². The lowest BCUT2D eigenvalue weighted by Gasteiger charge is -2.06.